The van der Waals surface area contributed by atoms with Gasteiger partial charge in [0.25, 0.3) is 0 Å². The number of benzene rings is 1. The lowest BCUT2D eigenvalue weighted by Crippen LogP contribution is -2.07. The molecule has 2 heteroatoms. The summed E-state index contributed by atoms with van der Waals surface area (Å²) in [6.07, 6.45) is 8.78. The van der Waals surface area contributed by atoms with Gasteiger partial charge in [0, 0.05) is 19.3 Å². The van der Waals surface area contributed by atoms with E-state index in [0.717, 1.165) is 19.6 Å². The average molecular weight is 257 g/mol. The molecule has 3 rings (SSSR count). The lowest BCUT2D eigenvalue weighted by atomic mass is 10.1. The van der Waals surface area contributed by atoms with Gasteiger partial charge in [-0.2, -0.15) is 0 Å². The quantitative estimate of drug-likeness (QED) is 0.784. The highest BCUT2D eigenvalue weighted by molar-refractivity contribution is 5.83. The normalized spacial score (nSPS) is 19.3. The van der Waals surface area contributed by atoms with E-state index in [1.54, 1.807) is 0 Å². The zero-order valence-electron chi connectivity index (χ0n) is 11.8. The van der Waals surface area contributed by atoms with Gasteiger partial charge in [-0.15, -0.1) is 0 Å². The van der Waals surface area contributed by atoms with Crippen LogP contribution in [0.25, 0.3) is 10.9 Å². The van der Waals surface area contributed by atoms with E-state index in [9.17, 15) is 0 Å². The van der Waals surface area contributed by atoms with E-state index in [2.05, 4.69) is 42.0 Å². The minimum atomic E-state index is 0.521. The third-order valence-electron chi connectivity index (χ3n) is 4.20. The van der Waals surface area contributed by atoms with E-state index in [-0.39, 0.29) is 0 Å². The van der Waals surface area contributed by atoms with Crippen molar-refractivity contribution in [3.8, 4) is 0 Å². The maximum Gasteiger partial charge on any atom is 0.0576 e. The van der Waals surface area contributed by atoms with E-state index in [1.165, 1.54) is 42.1 Å². The van der Waals surface area contributed by atoms with Crippen LogP contribution in [0.2, 0.25) is 0 Å². The number of hydrogen-bond donors (Lipinski definition) is 0. The third kappa shape index (κ3) is 2.69. The number of ether oxygens (including phenoxy) is 1. The van der Waals surface area contributed by atoms with Crippen LogP contribution in [0.3, 0.4) is 0 Å². The Labute approximate surface area is 115 Å². The molecule has 1 aromatic carbocycles. The zero-order valence-corrected chi connectivity index (χ0v) is 11.8. The van der Waals surface area contributed by atoms with Gasteiger partial charge < -0.3 is 9.30 Å². The minimum absolute atomic E-state index is 0.521. The van der Waals surface area contributed by atoms with Gasteiger partial charge in [0.05, 0.1) is 11.6 Å². The van der Waals surface area contributed by atoms with Crippen molar-refractivity contribution < 1.29 is 4.74 Å². The SMILES string of the molecule is CCc1cccc2ccn(CCCC3CCCO3)c12. The molecule has 1 aliphatic rings. The molecule has 1 fully saturated rings. The second-order valence-corrected chi connectivity index (χ2v) is 5.49. The van der Waals surface area contributed by atoms with Crippen LogP contribution < -0.4 is 0 Å². The van der Waals surface area contributed by atoms with Crippen LogP contribution in [0.5, 0.6) is 0 Å². The Kier molecular flexibility index (Phi) is 3.88. The van der Waals surface area contributed by atoms with Crippen LogP contribution in [0.15, 0.2) is 30.5 Å². The summed E-state index contributed by atoms with van der Waals surface area (Å²) >= 11 is 0. The molecule has 0 saturated carbocycles. The molecular formula is C17H23NO. The van der Waals surface area contributed by atoms with E-state index in [0.29, 0.717) is 6.10 Å². The van der Waals surface area contributed by atoms with Gasteiger partial charge in [0.1, 0.15) is 0 Å². The monoisotopic (exact) mass is 257 g/mol. The van der Waals surface area contributed by atoms with Gasteiger partial charge in [0.15, 0.2) is 0 Å². The zero-order chi connectivity index (χ0) is 13.1. The van der Waals surface area contributed by atoms with Gasteiger partial charge in [-0.25, -0.2) is 0 Å². The smallest absolute Gasteiger partial charge is 0.0576 e. The number of nitrogens with zero attached hydrogens (tertiary/aromatic N) is 1. The van der Waals surface area contributed by atoms with Gasteiger partial charge in [0.2, 0.25) is 0 Å². The average Bonchev–Trinajstić information content (AvgIpc) is 3.08. The molecule has 2 nitrogen and oxygen atoms in total. The van der Waals surface area contributed by atoms with Crippen LogP contribution in [0, 0.1) is 0 Å². The molecule has 1 atom stereocenters. The summed E-state index contributed by atoms with van der Waals surface area (Å²) in [5.41, 5.74) is 2.89. The minimum Gasteiger partial charge on any atom is -0.378 e. The highest BCUT2D eigenvalue weighted by atomic mass is 16.5. The maximum absolute atomic E-state index is 5.70. The van der Waals surface area contributed by atoms with Crippen molar-refractivity contribution >= 4 is 10.9 Å². The standard InChI is InChI=1S/C17H23NO/c1-2-14-6-3-7-15-10-12-18(17(14)15)11-4-8-16-9-5-13-19-16/h3,6-7,10,12,16H,2,4-5,8-9,11,13H2,1H3. The molecule has 0 radical (unpaired) electrons. The van der Waals surface area contributed by atoms with Gasteiger partial charge in [-0.1, -0.05) is 25.1 Å². The highest BCUT2D eigenvalue weighted by Crippen LogP contribution is 2.22. The molecule has 0 bridgehead atoms. The molecule has 0 N–H and O–H groups in total. The molecule has 0 aliphatic carbocycles. The molecule has 0 amide bonds. The topological polar surface area (TPSA) is 14.2 Å². The van der Waals surface area contributed by atoms with E-state index in [4.69, 9.17) is 4.74 Å². The summed E-state index contributed by atoms with van der Waals surface area (Å²) in [6, 6.07) is 8.86. The van der Waals surface area contributed by atoms with Crippen LogP contribution in [0.4, 0.5) is 0 Å². The van der Waals surface area contributed by atoms with Crippen LogP contribution in [-0.2, 0) is 17.7 Å². The van der Waals surface area contributed by atoms with Crippen LogP contribution in [0.1, 0.15) is 38.2 Å². The lowest BCUT2D eigenvalue weighted by molar-refractivity contribution is 0.101. The fourth-order valence-corrected chi connectivity index (χ4v) is 3.17. The van der Waals surface area contributed by atoms with Crippen molar-refractivity contribution in [2.75, 3.05) is 6.61 Å². The van der Waals surface area contributed by atoms with Crippen molar-refractivity contribution in [2.45, 2.75) is 51.7 Å². The number of para-hydroxylation sites is 1. The summed E-state index contributed by atoms with van der Waals surface area (Å²) in [6.45, 7) is 4.32. The maximum atomic E-state index is 5.70. The molecule has 2 aromatic rings. The summed E-state index contributed by atoms with van der Waals surface area (Å²) in [4.78, 5) is 0. The Morgan fingerprint density at radius 2 is 2.26 bits per heavy atom. The van der Waals surface area contributed by atoms with E-state index in [1.807, 2.05) is 0 Å². The Hall–Kier alpha value is -1.28. The number of rotatable bonds is 5. The van der Waals surface area contributed by atoms with Crippen molar-refractivity contribution in [2.24, 2.45) is 0 Å². The number of fused-ring (bicyclic) bond motifs is 1. The second-order valence-electron chi connectivity index (χ2n) is 5.49. The van der Waals surface area contributed by atoms with Crippen molar-refractivity contribution in [1.82, 2.24) is 4.57 Å². The predicted molar refractivity (Wildman–Crippen MR) is 79.5 cm³/mol. The molecule has 1 aromatic heterocycles. The molecule has 1 saturated heterocycles. The molecule has 1 unspecified atom stereocenters. The fourth-order valence-electron chi connectivity index (χ4n) is 3.17. The van der Waals surface area contributed by atoms with Crippen molar-refractivity contribution in [3.05, 3.63) is 36.0 Å². The molecule has 1 aliphatic heterocycles. The Bertz CT molecular complexity index is 537. The molecule has 0 spiro atoms. The van der Waals surface area contributed by atoms with Gasteiger partial charge in [-0.3, -0.25) is 0 Å². The predicted octanol–water partition coefficient (Wildman–Crippen LogP) is 4.16. The third-order valence-corrected chi connectivity index (χ3v) is 4.20. The first kappa shape index (κ1) is 12.7. The number of aryl methyl sites for hydroxylation is 2. The molecule has 102 valence electrons. The fraction of sp³-hybridized carbons (Fsp3) is 0.529. The van der Waals surface area contributed by atoms with Crippen LogP contribution >= 0.6 is 0 Å². The Morgan fingerprint density at radius 1 is 1.32 bits per heavy atom. The van der Waals surface area contributed by atoms with Crippen molar-refractivity contribution in [3.63, 3.8) is 0 Å². The van der Waals surface area contributed by atoms with Crippen LogP contribution in [-0.4, -0.2) is 17.3 Å². The van der Waals surface area contributed by atoms with E-state index >= 15 is 0 Å². The Balaban J connectivity index is 1.70. The summed E-state index contributed by atoms with van der Waals surface area (Å²) in [7, 11) is 0. The number of aromatic nitrogens is 1. The first-order valence-corrected chi connectivity index (χ1v) is 7.57. The second kappa shape index (κ2) is 5.79. The van der Waals surface area contributed by atoms with Gasteiger partial charge >= 0.3 is 0 Å². The molecular weight excluding hydrogens is 234 g/mol. The first-order chi connectivity index (χ1) is 9.38. The lowest BCUT2D eigenvalue weighted by Gasteiger charge is -2.11. The first-order valence-electron chi connectivity index (χ1n) is 7.57. The summed E-state index contributed by atoms with van der Waals surface area (Å²) < 4.78 is 8.12. The van der Waals surface area contributed by atoms with Crippen molar-refractivity contribution in [1.29, 1.82) is 0 Å². The molecule has 2 heterocycles. The van der Waals surface area contributed by atoms with Gasteiger partial charge in [-0.05, 0) is 49.1 Å². The summed E-state index contributed by atoms with van der Waals surface area (Å²) in [5, 5.41) is 1.37. The Morgan fingerprint density at radius 3 is 3.05 bits per heavy atom. The largest absolute Gasteiger partial charge is 0.378 e. The number of hydrogen-bond acceptors (Lipinski definition) is 1. The molecule has 19 heavy (non-hydrogen) atoms. The highest BCUT2D eigenvalue weighted by Gasteiger charge is 2.14. The van der Waals surface area contributed by atoms with E-state index < -0.39 is 0 Å². The summed E-state index contributed by atoms with van der Waals surface area (Å²) in [5.74, 6) is 0.